The van der Waals surface area contributed by atoms with Crippen LogP contribution >= 0.6 is 11.8 Å². The summed E-state index contributed by atoms with van der Waals surface area (Å²) in [5.41, 5.74) is 1.67. The number of nitrogens with zero attached hydrogens (tertiary/aromatic N) is 1. The molecule has 1 unspecified atom stereocenters. The van der Waals surface area contributed by atoms with E-state index < -0.39 is 12.0 Å². The third kappa shape index (κ3) is 2.82. The average Bonchev–Trinajstić information content (AvgIpc) is 3.13. The van der Waals surface area contributed by atoms with Gasteiger partial charge in [-0.2, -0.15) is 0 Å². The molecule has 0 spiro atoms. The molecule has 2 aliphatic rings. The number of fused-ring (bicyclic) bond motifs is 1. The van der Waals surface area contributed by atoms with Crippen molar-refractivity contribution in [2.24, 2.45) is 0 Å². The van der Waals surface area contributed by atoms with Crippen LogP contribution in [0.2, 0.25) is 0 Å². The second-order valence-corrected chi connectivity index (χ2v) is 6.47. The van der Waals surface area contributed by atoms with Crippen LogP contribution in [0.1, 0.15) is 23.7 Å². The second-order valence-electron chi connectivity index (χ2n) is 5.59. The molecule has 126 valence electrons. The first-order valence-corrected chi connectivity index (χ1v) is 9.05. The molecule has 0 saturated heterocycles. The van der Waals surface area contributed by atoms with Crippen molar-refractivity contribution in [2.75, 3.05) is 19.4 Å². The first-order valence-electron chi connectivity index (χ1n) is 7.82. The van der Waals surface area contributed by atoms with Crippen molar-refractivity contribution in [3.8, 4) is 5.75 Å². The quantitative estimate of drug-likeness (QED) is 0.800. The van der Waals surface area contributed by atoms with Crippen LogP contribution in [0.5, 0.6) is 5.75 Å². The van der Waals surface area contributed by atoms with Crippen LogP contribution in [0.25, 0.3) is 0 Å². The highest BCUT2D eigenvalue weighted by molar-refractivity contribution is 8.02. The lowest BCUT2D eigenvalue weighted by Gasteiger charge is -2.25. The van der Waals surface area contributed by atoms with Gasteiger partial charge in [0.25, 0.3) is 0 Å². The Morgan fingerprint density at radius 3 is 2.62 bits per heavy atom. The van der Waals surface area contributed by atoms with Crippen molar-refractivity contribution in [3.05, 3.63) is 52.1 Å². The lowest BCUT2D eigenvalue weighted by atomic mass is 10.0. The highest BCUT2D eigenvalue weighted by Crippen LogP contribution is 2.40. The van der Waals surface area contributed by atoms with E-state index in [1.54, 1.807) is 24.3 Å². The van der Waals surface area contributed by atoms with Gasteiger partial charge in [0.1, 0.15) is 11.8 Å². The van der Waals surface area contributed by atoms with E-state index in [-0.39, 0.29) is 5.78 Å². The number of Topliss-reactive ketones (excluding diaryl/α,β-unsaturated/α-hetero) is 1. The Hall–Kier alpha value is -2.21. The molecule has 0 fully saturated rings. The zero-order valence-electron chi connectivity index (χ0n) is 13.6. The smallest absolute Gasteiger partial charge is 0.333 e. The molecule has 1 aromatic carbocycles. The monoisotopic (exact) mass is 345 g/mol. The number of thioether (sulfide) groups is 1. The molecular weight excluding hydrogens is 326 g/mol. The maximum absolute atomic E-state index is 13.0. The molecule has 3 rings (SSSR count). The number of carboxylic acids is 1. The van der Waals surface area contributed by atoms with Gasteiger partial charge in [-0.3, -0.25) is 4.79 Å². The number of aliphatic carboxylic acids is 1. The van der Waals surface area contributed by atoms with E-state index >= 15 is 0 Å². The highest BCUT2D eigenvalue weighted by atomic mass is 32.2. The van der Waals surface area contributed by atoms with Crippen LogP contribution in [0.4, 0.5) is 0 Å². The maximum Gasteiger partial charge on any atom is 0.333 e. The molecule has 0 aromatic heterocycles. The third-order valence-corrected chi connectivity index (χ3v) is 5.09. The Balaban J connectivity index is 1.90. The molecule has 0 saturated carbocycles. The standard InChI is InChI=1S/C18H19NO4S/c1-3-23-12-6-4-11(5-7-12)17(20)16-15(24-2)10-14-13(18(21)22)8-9-19(14)16/h4-7,10,16H,3,8-9H2,1-2H3,(H,21,22). The Kier molecular flexibility index (Phi) is 4.66. The Labute approximate surface area is 145 Å². The Bertz CT molecular complexity index is 736. The van der Waals surface area contributed by atoms with Gasteiger partial charge in [0, 0.05) is 22.7 Å². The van der Waals surface area contributed by atoms with Crippen molar-refractivity contribution >= 4 is 23.5 Å². The van der Waals surface area contributed by atoms with E-state index in [2.05, 4.69) is 0 Å². The van der Waals surface area contributed by atoms with Crippen molar-refractivity contribution in [3.63, 3.8) is 0 Å². The molecule has 1 aromatic rings. The van der Waals surface area contributed by atoms with E-state index in [4.69, 9.17) is 4.74 Å². The van der Waals surface area contributed by atoms with Gasteiger partial charge < -0.3 is 14.7 Å². The Morgan fingerprint density at radius 1 is 1.33 bits per heavy atom. The number of ether oxygens (including phenoxy) is 1. The van der Waals surface area contributed by atoms with Crippen molar-refractivity contribution in [1.82, 2.24) is 4.90 Å². The lowest BCUT2D eigenvalue weighted by molar-refractivity contribution is -0.132. The number of ketones is 1. The third-order valence-electron chi connectivity index (χ3n) is 4.27. The van der Waals surface area contributed by atoms with Gasteiger partial charge in [-0.1, -0.05) is 0 Å². The molecule has 1 atom stereocenters. The molecule has 5 nitrogen and oxygen atoms in total. The summed E-state index contributed by atoms with van der Waals surface area (Å²) in [6, 6.07) is 6.68. The normalized spacial score (nSPS) is 19.3. The van der Waals surface area contributed by atoms with Gasteiger partial charge in [0.05, 0.1) is 12.2 Å². The van der Waals surface area contributed by atoms with Crippen LogP contribution in [0, 0.1) is 0 Å². The van der Waals surface area contributed by atoms with Gasteiger partial charge in [-0.15, -0.1) is 11.8 Å². The summed E-state index contributed by atoms with van der Waals surface area (Å²) in [5, 5.41) is 9.32. The van der Waals surface area contributed by atoms with Crippen LogP contribution in [0.3, 0.4) is 0 Å². The van der Waals surface area contributed by atoms with E-state index in [1.165, 1.54) is 11.8 Å². The lowest BCUT2D eigenvalue weighted by Crippen LogP contribution is -2.36. The fourth-order valence-electron chi connectivity index (χ4n) is 3.16. The topological polar surface area (TPSA) is 66.8 Å². The molecule has 6 heteroatoms. The minimum absolute atomic E-state index is 0.0136. The number of carboxylic acid groups (broad SMARTS) is 1. The highest BCUT2D eigenvalue weighted by Gasteiger charge is 2.41. The van der Waals surface area contributed by atoms with Crippen molar-refractivity contribution in [2.45, 2.75) is 19.4 Å². The SMILES string of the molecule is CCOc1ccc(C(=O)C2C(SC)=CC3=C(C(=O)O)CCN32)cc1. The molecule has 0 radical (unpaired) electrons. The fraction of sp³-hybridized carbons (Fsp3) is 0.333. The maximum atomic E-state index is 13.0. The van der Waals surface area contributed by atoms with Gasteiger partial charge >= 0.3 is 5.97 Å². The zero-order valence-corrected chi connectivity index (χ0v) is 14.4. The fourth-order valence-corrected chi connectivity index (χ4v) is 3.84. The number of allylic oxidation sites excluding steroid dienone is 1. The minimum Gasteiger partial charge on any atom is -0.494 e. The largest absolute Gasteiger partial charge is 0.494 e. The van der Waals surface area contributed by atoms with Crippen LogP contribution in [-0.4, -0.2) is 47.2 Å². The molecular formula is C18H19NO4S. The van der Waals surface area contributed by atoms with Crippen LogP contribution in [-0.2, 0) is 4.79 Å². The summed E-state index contributed by atoms with van der Waals surface area (Å²) in [6.07, 6.45) is 4.22. The molecule has 0 bridgehead atoms. The van der Waals surface area contributed by atoms with Gasteiger partial charge in [0.15, 0.2) is 5.78 Å². The molecule has 2 aliphatic heterocycles. The van der Waals surface area contributed by atoms with E-state index in [0.717, 1.165) is 10.7 Å². The summed E-state index contributed by atoms with van der Waals surface area (Å²) < 4.78 is 5.41. The zero-order chi connectivity index (χ0) is 17.3. The number of benzene rings is 1. The van der Waals surface area contributed by atoms with E-state index in [1.807, 2.05) is 24.2 Å². The van der Waals surface area contributed by atoms with Crippen LogP contribution in [0.15, 0.2) is 46.5 Å². The number of carbonyl (C=O) groups excluding carboxylic acids is 1. The minimum atomic E-state index is -0.904. The summed E-state index contributed by atoms with van der Waals surface area (Å²) >= 11 is 1.49. The first kappa shape index (κ1) is 16.6. The summed E-state index contributed by atoms with van der Waals surface area (Å²) in [6.45, 7) is 3.05. The molecule has 0 aliphatic carbocycles. The number of hydrogen-bond acceptors (Lipinski definition) is 5. The van der Waals surface area contributed by atoms with Crippen LogP contribution < -0.4 is 4.74 Å². The van der Waals surface area contributed by atoms with Gasteiger partial charge in [-0.05, 0) is 49.9 Å². The number of carbonyl (C=O) groups is 2. The number of rotatable bonds is 6. The van der Waals surface area contributed by atoms with Crippen molar-refractivity contribution in [1.29, 1.82) is 0 Å². The van der Waals surface area contributed by atoms with E-state index in [9.17, 15) is 14.7 Å². The predicted octanol–water partition coefficient (Wildman–Crippen LogP) is 2.94. The van der Waals surface area contributed by atoms with E-state index in [0.29, 0.717) is 36.4 Å². The number of hydrogen-bond donors (Lipinski definition) is 1. The predicted molar refractivity (Wildman–Crippen MR) is 93.3 cm³/mol. The molecule has 1 N–H and O–H groups in total. The van der Waals surface area contributed by atoms with Gasteiger partial charge in [0.2, 0.25) is 0 Å². The molecule has 2 heterocycles. The summed E-state index contributed by atoms with van der Waals surface area (Å²) in [5.74, 6) is -0.185. The van der Waals surface area contributed by atoms with Gasteiger partial charge in [-0.25, -0.2) is 4.79 Å². The average molecular weight is 345 g/mol. The molecule has 0 amide bonds. The van der Waals surface area contributed by atoms with Crippen molar-refractivity contribution < 1.29 is 19.4 Å². The second kappa shape index (κ2) is 6.73. The molecule has 24 heavy (non-hydrogen) atoms. The first-order chi connectivity index (χ1) is 11.6. The summed E-state index contributed by atoms with van der Waals surface area (Å²) in [4.78, 5) is 27.2. The Morgan fingerprint density at radius 2 is 2.04 bits per heavy atom. The summed E-state index contributed by atoms with van der Waals surface area (Å²) in [7, 11) is 0.